The summed E-state index contributed by atoms with van der Waals surface area (Å²) >= 11 is 5.89. The van der Waals surface area contributed by atoms with Gasteiger partial charge in [0.05, 0.1) is 24.8 Å². The predicted molar refractivity (Wildman–Crippen MR) is 101 cm³/mol. The van der Waals surface area contributed by atoms with E-state index in [-0.39, 0.29) is 28.4 Å². The van der Waals surface area contributed by atoms with E-state index in [4.69, 9.17) is 25.8 Å². The van der Waals surface area contributed by atoms with Crippen molar-refractivity contribution in [3.63, 3.8) is 0 Å². The number of carbonyl (C=O) groups is 2. The fourth-order valence-corrected chi connectivity index (χ4v) is 2.43. The molecular formula is C18H17ClN2O7. The third kappa shape index (κ3) is 4.89. The van der Waals surface area contributed by atoms with Gasteiger partial charge >= 0.3 is 5.97 Å². The number of hydrogen-bond donors (Lipinski definition) is 1. The van der Waals surface area contributed by atoms with Crippen LogP contribution >= 0.6 is 11.6 Å². The van der Waals surface area contributed by atoms with Crippen LogP contribution in [0.2, 0.25) is 5.02 Å². The van der Waals surface area contributed by atoms with Crippen LogP contribution in [0.4, 0.5) is 11.4 Å². The lowest BCUT2D eigenvalue weighted by Crippen LogP contribution is -2.30. The topological polar surface area (TPSA) is 117 Å². The molecule has 0 bridgehead atoms. The first kappa shape index (κ1) is 21.0. The number of halogens is 1. The van der Waals surface area contributed by atoms with Gasteiger partial charge in [0, 0.05) is 17.2 Å². The molecule has 0 aliphatic heterocycles. The van der Waals surface area contributed by atoms with Gasteiger partial charge in [0.2, 0.25) is 0 Å². The van der Waals surface area contributed by atoms with Crippen LogP contribution in [0.3, 0.4) is 0 Å². The van der Waals surface area contributed by atoms with Gasteiger partial charge in [-0.3, -0.25) is 14.9 Å². The molecule has 0 aromatic heterocycles. The summed E-state index contributed by atoms with van der Waals surface area (Å²) in [5, 5.41) is 13.7. The standard InChI is InChI=1S/C18H17ClN2O7/c1-10(28-18(23)13-8-11(19)4-6-15(13)26-2)17(22)20-14-9-12(21(24)25)5-7-16(14)27-3/h4-10H,1-3H3,(H,20,22)/t10-/m0/s1. The molecule has 0 heterocycles. The van der Waals surface area contributed by atoms with E-state index in [0.29, 0.717) is 5.02 Å². The number of amides is 1. The van der Waals surface area contributed by atoms with Gasteiger partial charge in [-0.05, 0) is 31.2 Å². The van der Waals surface area contributed by atoms with Crippen molar-refractivity contribution < 1.29 is 28.7 Å². The van der Waals surface area contributed by atoms with Crippen molar-refractivity contribution in [1.29, 1.82) is 0 Å². The number of benzene rings is 2. The van der Waals surface area contributed by atoms with Gasteiger partial charge in [-0.1, -0.05) is 11.6 Å². The molecule has 1 atom stereocenters. The molecule has 0 saturated heterocycles. The first-order valence-corrected chi connectivity index (χ1v) is 8.32. The Hall–Kier alpha value is -3.33. The highest BCUT2D eigenvalue weighted by molar-refractivity contribution is 6.31. The fourth-order valence-electron chi connectivity index (χ4n) is 2.26. The van der Waals surface area contributed by atoms with Crippen LogP contribution in [0, 0.1) is 10.1 Å². The summed E-state index contributed by atoms with van der Waals surface area (Å²) in [6, 6.07) is 8.13. The van der Waals surface area contributed by atoms with Gasteiger partial charge in [-0.2, -0.15) is 0 Å². The van der Waals surface area contributed by atoms with Crippen LogP contribution in [0.25, 0.3) is 0 Å². The Balaban J connectivity index is 2.15. The molecule has 1 N–H and O–H groups in total. The van der Waals surface area contributed by atoms with Gasteiger partial charge in [-0.15, -0.1) is 0 Å². The molecule has 0 aliphatic carbocycles. The average molecular weight is 409 g/mol. The van der Waals surface area contributed by atoms with Crippen molar-refractivity contribution in [2.75, 3.05) is 19.5 Å². The van der Waals surface area contributed by atoms with Crippen molar-refractivity contribution in [1.82, 2.24) is 0 Å². The highest BCUT2D eigenvalue weighted by atomic mass is 35.5. The molecule has 0 radical (unpaired) electrons. The van der Waals surface area contributed by atoms with Gasteiger partial charge in [0.15, 0.2) is 6.10 Å². The van der Waals surface area contributed by atoms with E-state index in [1.54, 1.807) is 6.07 Å². The van der Waals surface area contributed by atoms with Crippen molar-refractivity contribution in [2.24, 2.45) is 0 Å². The second kappa shape index (κ2) is 9.05. The number of hydrogen-bond acceptors (Lipinski definition) is 7. The van der Waals surface area contributed by atoms with E-state index in [0.717, 1.165) is 6.07 Å². The molecule has 0 aliphatic rings. The van der Waals surface area contributed by atoms with Crippen molar-refractivity contribution in [2.45, 2.75) is 13.0 Å². The first-order valence-electron chi connectivity index (χ1n) is 7.94. The molecule has 9 nitrogen and oxygen atoms in total. The normalized spacial score (nSPS) is 11.3. The van der Waals surface area contributed by atoms with E-state index >= 15 is 0 Å². The van der Waals surface area contributed by atoms with E-state index in [1.807, 2.05) is 0 Å². The number of rotatable bonds is 7. The van der Waals surface area contributed by atoms with E-state index in [1.165, 1.54) is 45.4 Å². The first-order chi connectivity index (χ1) is 13.3. The third-order valence-corrected chi connectivity index (χ3v) is 3.92. The van der Waals surface area contributed by atoms with Crippen LogP contribution in [0.1, 0.15) is 17.3 Å². The summed E-state index contributed by atoms with van der Waals surface area (Å²) in [4.78, 5) is 35.1. The monoisotopic (exact) mass is 408 g/mol. The maximum absolute atomic E-state index is 12.4. The largest absolute Gasteiger partial charge is 0.496 e. The van der Waals surface area contributed by atoms with E-state index in [9.17, 15) is 19.7 Å². The number of non-ortho nitro benzene ring substituents is 1. The highest BCUT2D eigenvalue weighted by Gasteiger charge is 2.23. The molecule has 0 unspecified atom stereocenters. The maximum Gasteiger partial charge on any atom is 0.342 e. The minimum absolute atomic E-state index is 0.0579. The number of nitrogens with one attached hydrogen (secondary N) is 1. The molecule has 0 saturated carbocycles. The van der Waals surface area contributed by atoms with Crippen LogP contribution in [-0.2, 0) is 9.53 Å². The van der Waals surface area contributed by atoms with Gasteiger partial charge in [0.25, 0.3) is 11.6 Å². The summed E-state index contributed by atoms with van der Waals surface area (Å²) in [6.45, 7) is 1.36. The molecule has 2 rings (SSSR count). The molecular weight excluding hydrogens is 392 g/mol. The Morgan fingerprint density at radius 2 is 1.75 bits per heavy atom. The molecule has 0 fully saturated rings. The summed E-state index contributed by atoms with van der Waals surface area (Å²) in [5.41, 5.74) is -0.100. The lowest BCUT2D eigenvalue weighted by molar-refractivity contribution is -0.384. The Labute approximate surface area is 165 Å². The zero-order valence-electron chi connectivity index (χ0n) is 15.2. The Morgan fingerprint density at radius 1 is 1.11 bits per heavy atom. The Morgan fingerprint density at radius 3 is 2.36 bits per heavy atom. The third-order valence-electron chi connectivity index (χ3n) is 3.69. The predicted octanol–water partition coefficient (Wildman–Crippen LogP) is 3.45. The van der Waals surface area contributed by atoms with Crippen LogP contribution in [0.15, 0.2) is 36.4 Å². The fraction of sp³-hybridized carbons (Fsp3) is 0.222. The lowest BCUT2D eigenvalue weighted by atomic mass is 10.2. The molecule has 1 amide bonds. The number of nitro groups is 1. The number of nitro benzene ring substituents is 1. The number of ether oxygens (including phenoxy) is 3. The average Bonchev–Trinajstić information content (AvgIpc) is 2.67. The second-order valence-electron chi connectivity index (χ2n) is 5.52. The quantitative estimate of drug-likeness (QED) is 0.423. The SMILES string of the molecule is COc1ccc([N+](=O)[O-])cc1NC(=O)[C@H](C)OC(=O)c1cc(Cl)ccc1OC. The van der Waals surface area contributed by atoms with Crippen LogP contribution in [0.5, 0.6) is 11.5 Å². The molecule has 2 aromatic carbocycles. The van der Waals surface area contributed by atoms with Gasteiger partial charge in [-0.25, -0.2) is 4.79 Å². The zero-order chi connectivity index (χ0) is 20.8. The lowest BCUT2D eigenvalue weighted by Gasteiger charge is -2.16. The van der Waals surface area contributed by atoms with Crippen LogP contribution in [-0.4, -0.2) is 37.1 Å². The second-order valence-corrected chi connectivity index (χ2v) is 5.96. The number of anilines is 1. The van der Waals surface area contributed by atoms with Gasteiger partial charge < -0.3 is 19.5 Å². The van der Waals surface area contributed by atoms with E-state index < -0.39 is 22.9 Å². The van der Waals surface area contributed by atoms with Crippen molar-refractivity contribution in [3.05, 3.63) is 57.1 Å². The summed E-state index contributed by atoms with van der Waals surface area (Å²) in [6.07, 6.45) is -1.21. The number of methoxy groups -OCH3 is 2. The van der Waals surface area contributed by atoms with Crippen molar-refractivity contribution >= 4 is 34.9 Å². The number of esters is 1. The molecule has 28 heavy (non-hydrogen) atoms. The van der Waals surface area contributed by atoms with E-state index in [2.05, 4.69) is 5.32 Å². The summed E-state index contributed by atoms with van der Waals surface area (Å²) in [7, 11) is 2.73. The minimum atomic E-state index is -1.21. The summed E-state index contributed by atoms with van der Waals surface area (Å²) in [5.74, 6) is -1.06. The van der Waals surface area contributed by atoms with Crippen LogP contribution < -0.4 is 14.8 Å². The molecule has 2 aromatic rings. The zero-order valence-corrected chi connectivity index (χ0v) is 16.0. The maximum atomic E-state index is 12.4. The minimum Gasteiger partial charge on any atom is -0.496 e. The van der Waals surface area contributed by atoms with Gasteiger partial charge in [0.1, 0.15) is 17.1 Å². The Bertz CT molecular complexity index is 917. The smallest absolute Gasteiger partial charge is 0.342 e. The Kier molecular flexibility index (Phi) is 6.78. The molecule has 10 heteroatoms. The molecule has 0 spiro atoms. The number of nitrogens with zero attached hydrogens (tertiary/aromatic N) is 1. The summed E-state index contributed by atoms with van der Waals surface area (Å²) < 4.78 is 15.3. The number of carbonyl (C=O) groups excluding carboxylic acids is 2. The molecule has 148 valence electrons. The van der Waals surface area contributed by atoms with Crippen molar-refractivity contribution in [3.8, 4) is 11.5 Å². The highest BCUT2D eigenvalue weighted by Crippen LogP contribution is 2.29.